The molecule has 1 aliphatic rings. The summed E-state index contributed by atoms with van der Waals surface area (Å²) in [7, 11) is 0. The maximum Gasteiger partial charge on any atom is 0.261 e. The summed E-state index contributed by atoms with van der Waals surface area (Å²) in [4.78, 5) is 44.7. The van der Waals surface area contributed by atoms with E-state index in [-0.39, 0.29) is 11.5 Å². The molecule has 0 spiro atoms. The van der Waals surface area contributed by atoms with Crippen LogP contribution < -0.4 is 10.9 Å². The van der Waals surface area contributed by atoms with Gasteiger partial charge in [-0.05, 0) is 65.7 Å². The second-order valence-corrected chi connectivity index (χ2v) is 9.26. The van der Waals surface area contributed by atoms with Gasteiger partial charge in [-0.15, -0.1) is 11.3 Å². The lowest BCUT2D eigenvalue weighted by atomic mass is 10.0. The topological polar surface area (TPSA) is 82.3 Å². The van der Waals surface area contributed by atoms with Crippen LogP contribution in [0.4, 0.5) is 5.69 Å². The van der Waals surface area contributed by atoms with Crippen molar-refractivity contribution in [2.75, 3.05) is 11.9 Å². The molecule has 170 valence electrons. The van der Waals surface area contributed by atoms with E-state index >= 15 is 0 Å². The first-order chi connectivity index (χ1) is 16.5. The van der Waals surface area contributed by atoms with Crippen molar-refractivity contribution in [2.24, 2.45) is 0 Å². The summed E-state index contributed by atoms with van der Waals surface area (Å²) < 4.78 is 0. The van der Waals surface area contributed by atoms with Gasteiger partial charge in [-0.2, -0.15) is 0 Å². The molecule has 2 aromatic heterocycles. The zero-order valence-electron chi connectivity index (χ0n) is 18.6. The third-order valence-electron chi connectivity index (χ3n) is 6.15. The maximum absolute atomic E-state index is 13.2. The van der Waals surface area contributed by atoms with Crippen LogP contribution >= 0.6 is 11.3 Å². The number of nitrogens with zero attached hydrogens (tertiary/aromatic N) is 1. The van der Waals surface area contributed by atoms with Gasteiger partial charge in [-0.3, -0.25) is 14.4 Å². The van der Waals surface area contributed by atoms with Crippen molar-refractivity contribution in [1.29, 1.82) is 0 Å². The largest absolute Gasteiger partial charge is 0.334 e. The number of hydrogen-bond donors (Lipinski definition) is 2. The van der Waals surface area contributed by atoms with Crippen LogP contribution in [-0.2, 0) is 13.0 Å². The quantitative estimate of drug-likeness (QED) is 0.448. The van der Waals surface area contributed by atoms with Crippen molar-refractivity contribution in [3.8, 4) is 11.3 Å². The molecule has 0 fully saturated rings. The van der Waals surface area contributed by atoms with E-state index in [4.69, 9.17) is 0 Å². The van der Waals surface area contributed by atoms with Gasteiger partial charge in [-0.1, -0.05) is 36.4 Å². The minimum absolute atomic E-state index is 0.0110. The van der Waals surface area contributed by atoms with Crippen molar-refractivity contribution in [1.82, 2.24) is 9.88 Å². The number of aromatic nitrogens is 1. The number of rotatable bonds is 4. The molecule has 34 heavy (non-hydrogen) atoms. The second-order valence-electron chi connectivity index (χ2n) is 8.26. The molecule has 4 aromatic rings. The fraction of sp³-hybridized carbons (Fsp3) is 0.148. The predicted octanol–water partition coefficient (Wildman–Crippen LogP) is 4.86. The molecule has 5 rings (SSSR count). The summed E-state index contributed by atoms with van der Waals surface area (Å²) in [6, 6.07) is 20.0. The summed E-state index contributed by atoms with van der Waals surface area (Å²) >= 11 is 1.73. The molecule has 0 saturated heterocycles. The highest BCUT2D eigenvalue weighted by molar-refractivity contribution is 7.10. The molecule has 1 aliphatic heterocycles. The Morgan fingerprint density at radius 2 is 1.79 bits per heavy atom. The summed E-state index contributed by atoms with van der Waals surface area (Å²) in [6.07, 6.45) is 0.857. The molecule has 2 aromatic carbocycles. The molecule has 0 saturated carbocycles. The van der Waals surface area contributed by atoms with Crippen LogP contribution in [0, 0.1) is 6.92 Å². The van der Waals surface area contributed by atoms with Gasteiger partial charge in [0.15, 0.2) is 0 Å². The van der Waals surface area contributed by atoms with Crippen LogP contribution in [0.2, 0.25) is 0 Å². The Labute approximate surface area is 200 Å². The Morgan fingerprint density at radius 3 is 2.59 bits per heavy atom. The first-order valence-electron chi connectivity index (χ1n) is 11.1. The van der Waals surface area contributed by atoms with E-state index in [1.54, 1.807) is 35.6 Å². The minimum atomic E-state index is -0.519. The van der Waals surface area contributed by atoms with Gasteiger partial charge >= 0.3 is 0 Å². The van der Waals surface area contributed by atoms with Gasteiger partial charge in [0.2, 0.25) is 0 Å². The summed E-state index contributed by atoms with van der Waals surface area (Å²) in [5, 5.41) is 4.87. The lowest BCUT2D eigenvalue weighted by Gasteiger charge is -2.28. The van der Waals surface area contributed by atoms with Crippen LogP contribution in [0.15, 0.2) is 76.9 Å². The van der Waals surface area contributed by atoms with E-state index in [1.807, 2.05) is 42.2 Å². The fourth-order valence-corrected chi connectivity index (χ4v) is 5.11. The molecule has 0 aliphatic carbocycles. The summed E-state index contributed by atoms with van der Waals surface area (Å²) in [5.41, 5.74) is 3.97. The Bertz CT molecular complexity index is 1440. The van der Waals surface area contributed by atoms with Crippen LogP contribution in [0.1, 0.15) is 36.7 Å². The normalized spacial score (nSPS) is 12.8. The highest BCUT2D eigenvalue weighted by atomic mass is 32.1. The number of amides is 2. The lowest BCUT2D eigenvalue weighted by Crippen LogP contribution is -2.35. The Kier molecular flexibility index (Phi) is 5.86. The van der Waals surface area contributed by atoms with Gasteiger partial charge in [0, 0.05) is 34.9 Å². The van der Waals surface area contributed by atoms with E-state index in [9.17, 15) is 14.4 Å². The number of carbonyl (C=O) groups excluding carboxylic acids is 2. The standard InChI is InChI=1S/C27H23N3O3S/c1-17-20(27(33)30-14-12-24-19(16-30)13-15-34-24)8-5-9-22(17)28-25(31)21-10-11-23(29-26(21)32)18-6-3-2-4-7-18/h2-11,13,15H,12,14,16H2,1H3,(H,28,31)(H,29,32). The maximum atomic E-state index is 13.2. The van der Waals surface area contributed by atoms with Crippen molar-refractivity contribution in [2.45, 2.75) is 19.9 Å². The first kappa shape index (κ1) is 21.9. The van der Waals surface area contributed by atoms with Gasteiger partial charge in [0.05, 0.1) is 0 Å². The monoisotopic (exact) mass is 469 g/mol. The molecule has 0 radical (unpaired) electrons. The van der Waals surface area contributed by atoms with Gasteiger partial charge < -0.3 is 15.2 Å². The van der Waals surface area contributed by atoms with Crippen LogP contribution in [0.3, 0.4) is 0 Å². The van der Waals surface area contributed by atoms with Crippen molar-refractivity contribution < 1.29 is 9.59 Å². The Morgan fingerprint density at radius 1 is 0.971 bits per heavy atom. The average Bonchev–Trinajstić information content (AvgIpc) is 3.33. The third kappa shape index (κ3) is 4.18. The number of carbonyl (C=O) groups is 2. The highest BCUT2D eigenvalue weighted by Gasteiger charge is 2.24. The van der Waals surface area contributed by atoms with E-state index in [0.717, 1.165) is 12.0 Å². The fourth-order valence-electron chi connectivity index (χ4n) is 4.22. The second kappa shape index (κ2) is 9.11. The lowest BCUT2D eigenvalue weighted by molar-refractivity contribution is 0.0735. The zero-order chi connectivity index (χ0) is 23.7. The molecule has 0 unspecified atom stereocenters. The van der Waals surface area contributed by atoms with E-state index in [0.29, 0.717) is 35.6 Å². The Balaban J connectivity index is 1.35. The smallest absolute Gasteiger partial charge is 0.261 e. The number of anilines is 1. The van der Waals surface area contributed by atoms with Crippen molar-refractivity contribution in [3.05, 3.63) is 110 Å². The molecule has 3 heterocycles. The van der Waals surface area contributed by atoms with Gasteiger partial charge in [0.25, 0.3) is 17.4 Å². The predicted molar refractivity (Wildman–Crippen MR) is 134 cm³/mol. The van der Waals surface area contributed by atoms with E-state index in [1.165, 1.54) is 16.5 Å². The number of thiophene rings is 1. The molecule has 0 atom stereocenters. The van der Waals surface area contributed by atoms with Gasteiger partial charge in [0.1, 0.15) is 5.56 Å². The molecule has 2 N–H and O–H groups in total. The number of pyridine rings is 1. The van der Waals surface area contributed by atoms with Crippen molar-refractivity contribution >= 4 is 28.8 Å². The van der Waals surface area contributed by atoms with E-state index in [2.05, 4.69) is 21.7 Å². The molecular formula is C27H23N3O3S. The highest BCUT2D eigenvalue weighted by Crippen LogP contribution is 2.27. The summed E-state index contributed by atoms with van der Waals surface area (Å²) in [5.74, 6) is -0.579. The SMILES string of the molecule is Cc1c(NC(=O)c2ccc(-c3ccccc3)[nH]c2=O)cccc1C(=O)N1CCc2sccc2C1. The first-order valence-corrected chi connectivity index (χ1v) is 11.9. The zero-order valence-corrected chi connectivity index (χ0v) is 19.4. The number of nitrogens with one attached hydrogen (secondary N) is 2. The van der Waals surface area contributed by atoms with Crippen molar-refractivity contribution in [3.63, 3.8) is 0 Å². The molecular weight excluding hydrogens is 446 g/mol. The summed E-state index contributed by atoms with van der Waals surface area (Å²) in [6.45, 7) is 3.08. The number of aromatic amines is 1. The van der Waals surface area contributed by atoms with Crippen LogP contribution in [0.5, 0.6) is 0 Å². The molecule has 6 nitrogen and oxygen atoms in total. The number of hydrogen-bond acceptors (Lipinski definition) is 4. The van der Waals surface area contributed by atoms with Gasteiger partial charge in [-0.25, -0.2) is 0 Å². The number of H-pyrrole nitrogens is 1. The third-order valence-corrected chi connectivity index (χ3v) is 7.17. The van der Waals surface area contributed by atoms with Crippen LogP contribution in [-0.4, -0.2) is 28.2 Å². The van der Waals surface area contributed by atoms with Crippen LogP contribution in [0.25, 0.3) is 11.3 Å². The number of benzene rings is 2. The molecule has 7 heteroatoms. The molecule has 0 bridgehead atoms. The van der Waals surface area contributed by atoms with E-state index < -0.39 is 11.5 Å². The number of fused-ring (bicyclic) bond motifs is 1. The average molecular weight is 470 g/mol. The minimum Gasteiger partial charge on any atom is -0.334 e. The Hall–Kier alpha value is -3.97. The molecule has 2 amide bonds.